The van der Waals surface area contributed by atoms with Gasteiger partial charge < -0.3 is 4.74 Å². The number of benzene rings is 1. The molecule has 0 radical (unpaired) electrons. The number of carbonyl (C=O) groups excluding carboxylic acids is 2. The summed E-state index contributed by atoms with van der Waals surface area (Å²) in [7, 11) is -3.87. The molecule has 2 heterocycles. The van der Waals surface area contributed by atoms with Crippen LogP contribution in [-0.4, -0.2) is 37.8 Å². The molecule has 1 atom stereocenters. The summed E-state index contributed by atoms with van der Waals surface area (Å²) in [6.45, 7) is 1.83. The van der Waals surface area contributed by atoms with E-state index in [-0.39, 0.29) is 23.6 Å². The molecule has 0 spiro atoms. The molecule has 8 heteroatoms. The first-order chi connectivity index (χ1) is 13.4. The van der Waals surface area contributed by atoms with E-state index in [0.29, 0.717) is 10.8 Å². The molecule has 2 aromatic rings. The second-order valence-electron chi connectivity index (χ2n) is 7.09. The Kier molecular flexibility index (Phi) is 5.01. The van der Waals surface area contributed by atoms with E-state index >= 15 is 0 Å². The summed E-state index contributed by atoms with van der Waals surface area (Å²) in [5, 5.41) is 0. The Hall–Kier alpha value is -2.19. The van der Waals surface area contributed by atoms with Gasteiger partial charge in [0.15, 0.2) is 0 Å². The van der Waals surface area contributed by atoms with E-state index < -0.39 is 21.9 Å². The molecule has 28 heavy (non-hydrogen) atoms. The second-order valence-corrected chi connectivity index (χ2v) is 10.1. The molecule has 0 bridgehead atoms. The Labute approximate surface area is 168 Å². The lowest BCUT2D eigenvalue weighted by molar-refractivity contribution is 0.0483. The van der Waals surface area contributed by atoms with Gasteiger partial charge in [-0.3, -0.25) is 4.79 Å². The molecule has 1 amide bonds. The maximum absolute atomic E-state index is 12.5. The van der Waals surface area contributed by atoms with Crippen LogP contribution in [0.25, 0.3) is 0 Å². The zero-order chi connectivity index (χ0) is 19.9. The number of thiophene rings is 1. The lowest BCUT2D eigenvalue weighted by Crippen LogP contribution is -2.33. The lowest BCUT2D eigenvalue weighted by atomic mass is 9.87. The third-order valence-electron chi connectivity index (χ3n) is 5.40. The van der Waals surface area contributed by atoms with Crippen molar-refractivity contribution in [1.29, 1.82) is 0 Å². The van der Waals surface area contributed by atoms with Crippen molar-refractivity contribution in [3.63, 3.8) is 0 Å². The average molecular weight is 420 g/mol. The van der Waals surface area contributed by atoms with E-state index in [4.69, 9.17) is 4.74 Å². The highest BCUT2D eigenvalue weighted by atomic mass is 32.2. The number of aryl methyl sites for hydroxylation is 1. The van der Waals surface area contributed by atoms with Gasteiger partial charge in [-0.2, -0.15) is 0 Å². The Morgan fingerprint density at radius 1 is 1.32 bits per heavy atom. The Morgan fingerprint density at radius 2 is 2.11 bits per heavy atom. The topological polar surface area (TPSA) is 80.8 Å². The highest BCUT2D eigenvalue weighted by molar-refractivity contribution is 7.90. The van der Waals surface area contributed by atoms with Crippen LogP contribution in [0, 0.1) is 5.92 Å². The van der Waals surface area contributed by atoms with E-state index in [1.54, 1.807) is 12.1 Å². The van der Waals surface area contributed by atoms with Crippen LogP contribution in [0.15, 0.2) is 35.2 Å². The number of rotatable bonds is 5. The first-order valence-electron chi connectivity index (χ1n) is 9.36. The number of hydrogen-bond donors (Lipinski definition) is 0. The number of hydrogen-bond acceptors (Lipinski definition) is 6. The molecule has 148 valence electrons. The minimum absolute atomic E-state index is 0.00253. The maximum Gasteiger partial charge on any atom is 0.348 e. The molecule has 0 saturated carbocycles. The van der Waals surface area contributed by atoms with Gasteiger partial charge in [-0.25, -0.2) is 17.5 Å². The van der Waals surface area contributed by atoms with Crippen molar-refractivity contribution >= 4 is 33.2 Å². The van der Waals surface area contributed by atoms with Gasteiger partial charge in [0.25, 0.3) is 15.9 Å². The molecule has 0 N–H and O–H groups in total. The van der Waals surface area contributed by atoms with Gasteiger partial charge in [0.05, 0.1) is 12.1 Å². The van der Waals surface area contributed by atoms with Crippen molar-refractivity contribution in [2.75, 3.05) is 13.2 Å². The fourth-order valence-corrected chi connectivity index (χ4v) is 6.45. The predicted molar refractivity (Wildman–Crippen MR) is 105 cm³/mol. The molecule has 1 aliphatic carbocycles. The summed E-state index contributed by atoms with van der Waals surface area (Å²) in [6, 6.07) is 8.00. The number of ether oxygens (including phenoxy) is 1. The van der Waals surface area contributed by atoms with Gasteiger partial charge in [0.1, 0.15) is 16.4 Å². The SMILES string of the molecule is CC[C@@H]1CCc2sc(C(=O)OCCN3C(=O)c4ccccc4S3(=O)=O)cc2C1. The smallest absolute Gasteiger partial charge is 0.348 e. The highest BCUT2D eigenvalue weighted by Crippen LogP contribution is 2.34. The van der Waals surface area contributed by atoms with Gasteiger partial charge >= 0.3 is 5.97 Å². The predicted octanol–water partition coefficient (Wildman–Crippen LogP) is 3.26. The molecule has 6 nitrogen and oxygen atoms in total. The minimum atomic E-state index is -3.87. The van der Waals surface area contributed by atoms with E-state index in [9.17, 15) is 18.0 Å². The zero-order valence-electron chi connectivity index (χ0n) is 15.5. The summed E-state index contributed by atoms with van der Waals surface area (Å²) in [6.07, 6.45) is 4.27. The largest absolute Gasteiger partial charge is 0.460 e. The van der Waals surface area contributed by atoms with Crippen molar-refractivity contribution in [3.8, 4) is 0 Å². The van der Waals surface area contributed by atoms with Crippen LogP contribution in [-0.2, 0) is 27.6 Å². The van der Waals surface area contributed by atoms with Crippen LogP contribution in [0.3, 0.4) is 0 Å². The van der Waals surface area contributed by atoms with Crippen LogP contribution in [0.4, 0.5) is 0 Å². The van der Waals surface area contributed by atoms with Crippen molar-refractivity contribution in [2.24, 2.45) is 5.92 Å². The van der Waals surface area contributed by atoms with Crippen molar-refractivity contribution in [2.45, 2.75) is 37.5 Å². The van der Waals surface area contributed by atoms with Crippen LogP contribution in [0.2, 0.25) is 0 Å². The third-order valence-corrected chi connectivity index (χ3v) is 8.46. The van der Waals surface area contributed by atoms with Crippen LogP contribution < -0.4 is 0 Å². The molecule has 1 aromatic carbocycles. The molecule has 0 unspecified atom stereocenters. The van der Waals surface area contributed by atoms with Gasteiger partial charge in [-0.1, -0.05) is 25.5 Å². The average Bonchev–Trinajstić information content (AvgIpc) is 3.20. The van der Waals surface area contributed by atoms with E-state index in [0.717, 1.165) is 30.0 Å². The lowest BCUT2D eigenvalue weighted by Gasteiger charge is -2.19. The van der Waals surface area contributed by atoms with Gasteiger partial charge in [0.2, 0.25) is 0 Å². The Morgan fingerprint density at radius 3 is 2.86 bits per heavy atom. The normalized spacial score (nSPS) is 20.0. The fraction of sp³-hybridized carbons (Fsp3) is 0.400. The fourth-order valence-electron chi connectivity index (χ4n) is 3.79. The highest BCUT2D eigenvalue weighted by Gasteiger charge is 2.40. The number of carbonyl (C=O) groups is 2. The molecular formula is C20H21NO5S2. The summed E-state index contributed by atoms with van der Waals surface area (Å²) >= 11 is 1.46. The summed E-state index contributed by atoms with van der Waals surface area (Å²) < 4.78 is 31.0. The molecule has 2 aliphatic rings. The monoisotopic (exact) mass is 419 g/mol. The maximum atomic E-state index is 12.5. The van der Waals surface area contributed by atoms with Crippen molar-refractivity contribution in [1.82, 2.24) is 4.31 Å². The molecular weight excluding hydrogens is 398 g/mol. The van der Waals surface area contributed by atoms with E-state index in [1.807, 2.05) is 6.07 Å². The van der Waals surface area contributed by atoms with Crippen LogP contribution in [0.1, 0.15) is 50.2 Å². The second kappa shape index (κ2) is 7.33. The van der Waals surface area contributed by atoms with Gasteiger partial charge in [-0.15, -0.1) is 11.3 Å². The number of sulfonamides is 1. The van der Waals surface area contributed by atoms with Crippen LogP contribution >= 0.6 is 11.3 Å². The van der Waals surface area contributed by atoms with E-state index in [2.05, 4.69) is 6.92 Å². The number of amides is 1. The minimum Gasteiger partial charge on any atom is -0.460 e. The Balaban J connectivity index is 1.39. The standard InChI is InChI=1S/C20H21NO5S2/c1-2-13-7-8-16-14(11-13)12-17(27-16)20(23)26-10-9-21-19(22)15-5-3-4-6-18(15)28(21,24)25/h3-6,12-13H,2,7-11H2,1H3/t13-/m1/s1. The van der Waals surface area contributed by atoms with Crippen molar-refractivity contribution in [3.05, 3.63) is 51.2 Å². The molecule has 4 rings (SSSR count). The summed E-state index contributed by atoms with van der Waals surface area (Å²) in [5.74, 6) is -0.378. The summed E-state index contributed by atoms with van der Waals surface area (Å²) in [5.41, 5.74) is 1.38. The van der Waals surface area contributed by atoms with Gasteiger partial charge in [0, 0.05) is 4.88 Å². The summed E-state index contributed by atoms with van der Waals surface area (Å²) in [4.78, 5) is 26.5. The van der Waals surface area contributed by atoms with E-state index in [1.165, 1.54) is 33.9 Å². The van der Waals surface area contributed by atoms with Gasteiger partial charge in [-0.05, 0) is 48.9 Å². The first-order valence-corrected chi connectivity index (χ1v) is 11.6. The quantitative estimate of drug-likeness (QED) is 0.695. The Bertz CT molecular complexity index is 1040. The molecule has 1 aromatic heterocycles. The molecule has 0 fully saturated rings. The number of nitrogens with zero attached hydrogens (tertiary/aromatic N) is 1. The van der Waals surface area contributed by atoms with Crippen LogP contribution in [0.5, 0.6) is 0 Å². The zero-order valence-corrected chi connectivity index (χ0v) is 17.1. The number of esters is 1. The first kappa shape index (κ1) is 19.1. The third kappa shape index (κ3) is 3.24. The van der Waals surface area contributed by atoms with Crippen molar-refractivity contribution < 1.29 is 22.7 Å². The molecule has 0 saturated heterocycles. The number of fused-ring (bicyclic) bond motifs is 2. The molecule has 1 aliphatic heterocycles.